The molecule has 0 bridgehead atoms. The second-order valence-corrected chi connectivity index (χ2v) is 8.76. The number of carbonyl (C=O) groups excluding carboxylic acids is 3. The van der Waals surface area contributed by atoms with E-state index in [1.165, 1.54) is 43.3 Å². The van der Waals surface area contributed by atoms with Gasteiger partial charge in [0.25, 0.3) is 0 Å². The molecule has 0 aliphatic carbocycles. The van der Waals surface area contributed by atoms with Crippen LogP contribution in [0.1, 0.15) is 34.6 Å². The largest absolute Gasteiger partial charge is 0.492 e. The Morgan fingerprint density at radius 2 is 1.58 bits per heavy atom. The van der Waals surface area contributed by atoms with Gasteiger partial charge in [0.2, 0.25) is 15.9 Å². The number of ether oxygens (including phenoxy) is 3. The average Bonchev–Trinajstić information content (AvgIpc) is 2.78. The molecule has 0 unspecified atom stereocenters. The van der Waals surface area contributed by atoms with Crippen molar-refractivity contribution in [3.8, 4) is 5.75 Å². The molecule has 0 aliphatic heterocycles. The quantitative estimate of drug-likeness (QED) is 0.503. The van der Waals surface area contributed by atoms with E-state index < -0.39 is 33.9 Å². The SMILES string of the molecule is CCOc1ccc(S(=O)(=O)N[C@@H](C)C(=O)Nc2cc(C(=O)OC)cc(C(=O)OC)c2)cc1Cl. The summed E-state index contributed by atoms with van der Waals surface area (Å²) in [6, 6.07) is 6.51. The summed E-state index contributed by atoms with van der Waals surface area (Å²) in [6.07, 6.45) is 0. The zero-order valence-electron chi connectivity index (χ0n) is 18.3. The highest BCUT2D eigenvalue weighted by molar-refractivity contribution is 7.89. The lowest BCUT2D eigenvalue weighted by molar-refractivity contribution is -0.117. The minimum absolute atomic E-state index is 0.00652. The summed E-state index contributed by atoms with van der Waals surface area (Å²) in [6.45, 7) is 3.45. The van der Waals surface area contributed by atoms with Crippen molar-refractivity contribution in [3.63, 3.8) is 0 Å². The summed E-state index contributed by atoms with van der Waals surface area (Å²) >= 11 is 6.05. The van der Waals surface area contributed by atoms with Gasteiger partial charge in [0, 0.05) is 5.69 Å². The Hall–Kier alpha value is -3.15. The van der Waals surface area contributed by atoms with Crippen molar-refractivity contribution < 1.29 is 37.0 Å². The van der Waals surface area contributed by atoms with Crippen LogP contribution in [0, 0.1) is 0 Å². The Morgan fingerprint density at radius 1 is 1.00 bits per heavy atom. The molecule has 10 nitrogen and oxygen atoms in total. The monoisotopic (exact) mass is 498 g/mol. The van der Waals surface area contributed by atoms with Gasteiger partial charge < -0.3 is 19.5 Å². The molecule has 178 valence electrons. The van der Waals surface area contributed by atoms with Crippen LogP contribution in [0.2, 0.25) is 5.02 Å². The van der Waals surface area contributed by atoms with Crippen LogP contribution in [0.3, 0.4) is 0 Å². The number of benzene rings is 2. The van der Waals surface area contributed by atoms with Crippen LogP contribution in [0.15, 0.2) is 41.3 Å². The highest BCUT2D eigenvalue weighted by Gasteiger charge is 2.24. The van der Waals surface area contributed by atoms with Gasteiger partial charge in [-0.15, -0.1) is 0 Å². The van der Waals surface area contributed by atoms with E-state index in [0.29, 0.717) is 12.4 Å². The van der Waals surface area contributed by atoms with Crippen molar-refractivity contribution in [2.24, 2.45) is 0 Å². The number of methoxy groups -OCH3 is 2. The maximum absolute atomic E-state index is 12.7. The lowest BCUT2D eigenvalue weighted by Crippen LogP contribution is -2.41. The lowest BCUT2D eigenvalue weighted by atomic mass is 10.1. The second kappa shape index (κ2) is 11.1. The third kappa shape index (κ3) is 6.67. The number of sulfonamides is 1. The number of nitrogens with one attached hydrogen (secondary N) is 2. The molecule has 2 rings (SSSR count). The van der Waals surface area contributed by atoms with Gasteiger partial charge in [-0.1, -0.05) is 11.6 Å². The Labute approximate surface area is 196 Å². The normalized spacial score (nSPS) is 11.9. The van der Waals surface area contributed by atoms with E-state index in [1.807, 2.05) is 0 Å². The van der Waals surface area contributed by atoms with Crippen molar-refractivity contribution in [2.75, 3.05) is 26.1 Å². The number of hydrogen-bond acceptors (Lipinski definition) is 8. The van der Waals surface area contributed by atoms with Crippen LogP contribution in [0.5, 0.6) is 5.75 Å². The summed E-state index contributed by atoms with van der Waals surface area (Å²) in [5, 5.41) is 2.57. The van der Waals surface area contributed by atoms with Crippen molar-refractivity contribution >= 4 is 45.2 Å². The van der Waals surface area contributed by atoms with Gasteiger partial charge in [0.15, 0.2) is 0 Å². The summed E-state index contributed by atoms with van der Waals surface area (Å²) in [7, 11) is -1.78. The van der Waals surface area contributed by atoms with Crippen LogP contribution in [0.4, 0.5) is 5.69 Å². The zero-order chi connectivity index (χ0) is 24.8. The molecule has 2 N–H and O–H groups in total. The number of esters is 2. The number of hydrogen-bond donors (Lipinski definition) is 2. The number of amides is 1. The van der Waals surface area contributed by atoms with E-state index in [9.17, 15) is 22.8 Å². The molecule has 1 atom stereocenters. The fourth-order valence-electron chi connectivity index (χ4n) is 2.70. The zero-order valence-corrected chi connectivity index (χ0v) is 19.9. The number of anilines is 1. The Morgan fingerprint density at radius 3 is 2.06 bits per heavy atom. The van der Waals surface area contributed by atoms with E-state index in [1.54, 1.807) is 6.92 Å². The van der Waals surface area contributed by atoms with Gasteiger partial charge >= 0.3 is 11.9 Å². The molecular formula is C21H23ClN2O8S. The van der Waals surface area contributed by atoms with Gasteiger partial charge in [-0.25, -0.2) is 18.0 Å². The predicted octanol–water partition coefficient (Wildman–Crippen LogP) is 2.62. The average molecular weight is 499 g/mol. The molecule has 12 heteroatoms. The predicted molar refractivity (Wildman–Crippen MR) is 120 cm³/mol. The van der Waals surface area contributed by atoms with Gasteiger partial charge in [0.05, 0.1) is 47.9 Å². The van der Waals surface area contributed by atoms with Gasteiger partial charge in [-0.3, -0.25) is 4.79 Å². The van der Waals surface area contributed by atoms with E-state index in [-0.39, 0.29) is 26.7 Å². The molecule has 0 saturated heterocycles. The first-order valence-electron chi connectivity index (χ1n) is 9.59. The highest BCUT2D eigenvalue weighted by Crippen LogP contribution is 2.27. The van der Waals surface area contributed by atoms with Gasteiger partial charge in [-0.2, -0.15) is 4.72 Å². The molecule has 1 amide bonds. The molecule has 0 saturated carbocycles. The van der Waals surface area contributed by atoms with E-state index >= 15 is 0 Å². The Bertz CT molecular complexity index is 1130. The Kier molecular flexibility index (Phi) is 8.80. The highest BCUT2D eigenvalue weighted by atomic mass is 35.5. The maximum Gasteiger partial charge on any atom is 0.337 e. The van der Waals surface area contributed by atoms with Crippen LogP contribution in [-0.4, -0.2) is 53.1 Å². The smallest absolute Gasteiger partial charge is 0.337 e. The molecule has 2 aromatic rings. The molecule has 0 aliphatic rings. The first-order valence-corrected chi connectivity index (χ1v) is 11.5. The van der Waals surface area contributed by atoms with Gasteiger partial charge in [0.1, 0.15) is 5.75 Å². The summed E-state index contributed by atoms with van der Waals surface area (Å²) in [5.74, 6) is -1.89. The lowest BCUT2D eigenvalue weighted by Gasteiger charge is -2.16. The molecule has 2 aromatic carbocycles. The van der Waals surface area contributed by atoms with Crippen molar-refractivity contribution in [2.45, 2.75) is 24.8 Å². The van der Waals surface area contributed by atoms with Crippen LogP contribution in [-0.2, 0) is 24.3 Å². The summed E-state index contributed by atoms with van der Waals surface area (Å²) in [5.41, 5.74) is 0.0550. The summed E-state index contributed by atoms with van der Waals surface area (Å²) < 4.78 is 42.2. The Balaban J connectivity index is 2.22. The molecule has 0 heterocycles. The first-order chi connectivity index (χ1) is 15.5. The van der Waals surface area contributed by atoms with Gasteiger partial charge in [-0.05, 0) is 50.2 Å². The molecule has 0 fully saturated rings. The standard InChI is InChI=1S/C21H23ClN2O8S/c1-5-32-18-7-6-16(11-17(18)22)33(28,29)24-12(2)19(25)23-15-9-13(20(26)30-3)8-14(10-15)21(27)31-4/h6-12,24H,5H2,1-4H3,(H,23,25)/t12-/m0/s1. The molecule has 0 radical (unpaired) electrons. The van der Waals surface area contributed by atoms with E-state index in [2.05, 4.69) is 19.5 Å². The van der Waals surface area contributed by atoms with Crippen molar-refractivity contribution in [3.05, 3.63) is 52.5 Å². The number of carbonyl (C=O) groups is 3. The van der Waals surface area contributed by atoms with E-state index in [4.69, 9.17) is 16.3 Å². The summed E-state index contributed by atoms with van der Waals surface area (Å²) in [4.78, 5) is 36.2. The fraction of sp³-hybridized carbons (Fsp3) is 0.286. The van der Waals surface area contributed by atoms with E-state index in [0.717, 1.165) is 14.2 Å². The molecular weight excluding hydrogens is 476 g/mol. The molecule has 33 heavy (non-hydrogen) atoms. The third-order valence-corrected chi connectivity index (χ3v) is 6.12. The first kappa shape index (κ1) is 26.1. The number of halogens is 1. The minimum Gasteiger partial charge on any atom is -0.492 e. The second-order valence-electron chi connectivity index (χ2n) is 6.64. The van der Waals surface area contributed by atoms with Crippen molar-refractivity contribution in [1.29, 1.82) is 0 Å². The van der Waals surface area contributed by atoms with Crippen LogP contribution in [0.25, 0.3) is 0 Å². The molecule has 0 spiro atoms. The van der Waals surface area contributed by atoms with Crippen molar-refractivity contribution in [1.82, 2.24) is 4.72 Å². The fourth-order valence-corrected chi connectivity index (χ4v) is 4.23. The molecule has 0 aromatic heterocycles. The number of rotatable bonds is 9. The maximum atomic E-state index is 12.7. The van der Waals surface area contributed by atoms with Crippen LogP contribution < -0.4 is 14.8 Å². The minimum atomic E-state index is -4.10. The third-order valence-electron chi connectivity index (χ3n) is 4.28. The van der Waals surface area contributed by atoms with Crippen LogP contribution >= 0.6 is 11.6 Å². The topological polar surface area (TPSA) is 137 Å².